The van der Waals surface area contributed by atoms with Crippen LogP contribution in [0.3, 0.4) is 0 Å². The molecule has 0 aliphatic rings. The number of hydrogen-bond acceptors (Lipinski definition) is 4. The molecule has 0 heterocycles. The monoisotopic (exact) mass is 295 g/mol. The highest BCUT2D eigenvalue weighted by molar-refractivity contribution is 5.93. The van der Waals surface area contributed by atoms with Crippen LogP contribution in [0.25, 0.3) is 0 Å². The van der Waals surface area contributed by atoms with Crippen molar-refractivity contribution in [2.45, 2.75) is 26.4 Å². The summed E-state index contributed by atoms with van der Waals surface area (Å²) in [4.78, 5) is 23.8. The lowest BCUT2D eigenvalue weighted by atomic mass is 10.2. The molecule has 0 aliphatic heterocycles. The molecule has 0 saturated heterocycles. The SMILES string of the molecule is CCC(C)OCC(=O)N(C)c1ccc(OCC(=O)O)cc1. The number of rotatable bonds is 8. The Kier molecular flexibility index (Phi) is 6.68. The average Bonchev–Trinajstić information content (AvgIpc) is 2.49. The number of ether oxygens (including phenoxy) is 2. The van der Waals surface area contributed by atoms with Crippen LogP contribution in [-0.2, 0) is 14.3 Å². The van der Waals surface area contributed by atoms with Gasteiger partial charge in [0, 0.05) is 12.7 Å². The maximum absolute atomic E-state index is 12.0. The molecule has 0 radical (unpaired) electrons. The Morgan fingerprint density at radius 3 is 2.38 bits per heavy atom. The Morgan fingerprint density at radius 1 is 1.24 bits per heavy atom. The third-order valence-electron chi connectivity index (χ3n) is 3.03. The minimum Gasteiger partial charge on any atom is -0.482 e. The predicted octanol–water partition coefficient (Wildman–Crippen LogP) is 1.93. The van der Waals surface area contributed by atoms with E-state index in [-0.39, 0.29) is 18.6 Å². The molecule has 0 saturated carbocycles. The first kappa shape index (κ1) is 17.0. The van der Waals surface area contributed by atoms with Gasteiger partial charge in [0.25, 0.3) is 5.91 Å². The highest BCUT2D eigenvalue weighted by atomic mass is 16.5. The molecule has 116 valence electrons. The fourth-order valence-electron chi connectivity index (χ4n) is 1.48. The van der Waals surface area contributed by atoms with E-state index in [2.05, 4.69) is 0 Å². The van der Waals surface area contributed by atoms with Crippen LogP contribution < -0.4 is 9.64 Å². The van der Waals surface area contributed by atoms with Crippen molar-refractivity contribution < 1.29 is 24.2 Å². The van der Waals surface area contributed by atoms with Gasteiger partial charge in [-0.15, -0.1) is 0 Å². The topological polar surface area (TPSA) is 76.1 Å². The first-order chi connectivity index (χ1) is 9.93. The van der Waals surface area contributed by atoms with E-state index in [0.29, 0.717) is 11.4 Å². The summed E-state index contributed by atoms with van der Waals surface area (Å²) in [5.74, 6) is -0.735. The van der Waals surface area contributed by atoms with Gasteiger partial charge in [-0.2, -0.15) is 0 Å². The Bertz CT molecular complexity index is 471. The van der Waals surface area contributed by atoms with Gasteiger partial charge in [-0.25, -0.2) is 4.79 Å². The number of amides is 1. The zero-order chi connectivity index (χ0) is 15.8. The van der Waals surface area contributed by atoms with E-state index in [4.69, 9.17) is 14.6 Å². The average molecular weight is 295 g/mol. The summed E-state index contributed by atoms with van der Waals surface area (Å²) in [5, 5.41) is 8.52. The number of carboxylic acid groups (broad SMARTS) is 1. The van der Waals surface area contributed by atoms with Crippen molar-refractivity contribution in [2.24, 2.45) is 0 Å². The highest BCUT2D eigenvalue weighted by Gasteiger charge is 2.12. The lowest BCUT2D eigenvalue weighted by Gasteiger charge is -2.19. The van der Waals surface area contributed by atoms with Crippen molar-refractivity contribution in [1.82, 2.24) is 0 Å². The molecule has 0 aromatic heterocycles. The van der Waals surface area contributed by atoms with E-state index in [1.807, 2.05) is 13.8 Å². The number of carbonyl (C=O) groups excluding carboxylic acids is 1. The molecule has 0 aliphatic carbocycles. The normalized spacial score (nSPS) is 11.8. The smallest absolute Gasteiger partial charge is 0.341 e. The molecular formula is C15H21NO5. The van der Waals surface area contributed by atoms with Gasteiger partial charge in [0.1, 0.15) is 12.4 Å². The van der Waals surface area contributed by atoms with Gasteiger partial charge in [-0.1, -0.05) is 6.92 Å². The van der Waals surface area contributed by atoms with Gasteiger partial charge in [0.05, 0.1) is 6.10 Å². The first-order valence-electron chi connectivity index (χ1n) is 6.76. The number of carboxylic acids is 1. The molecule has 1 rings (SSSR count). The predicted molar refractivity (Wildman–Crippen MR) is 78.7 cm³/mol. The molecule has 0 fully saturated rings. The number of hydrogen-bond donors (Lipinski definition) is 1. The van der Waals surface area contributed by atoms with Crippen molar-refractivity contribution >= 4 is 17.6 Å². The molecule has 1 atom stereocenters. The summed E-state index contributed by atoms with van der Waals surface area (Å²) in [7, 11) is 1.66. The highest BCUT2D eigenvalue weighted by Crippen LogP contribution is 2.18. The number of aliphatic carboxylic acids is 1. The number of carbonyl (C=O) groups is 2. The zero-order valence-electron chi connectivity index (χ0n) is 12.5. The van der Waals surface area contributed by atoms with Crippen molar-refractivity contribution in [1.29, 1.82) is 0 Å². The standard InChI is InChI=1S/C15H21NO5/c1-4-11(2)20-9-14(17)16(3)12-5-7-13(8-6-12)21-10-15(18)19/h5-8,11H,4,9-10H2,1-3H3,(H,18,19). The summed E-state index contributed by atoms with van der Waals surface area (Å²) >= 11 is 0. The molecule has 1 N–H and O–H groups in total. The molecule has 21 heavy (non-hydrogen) atoms. The Labute approximate surface area is 124 Å². The number of nitrogens with zero attached hydrogens (tertiary/aromatic N) is 1. The maximum Gasteiger partial charge on any atom is 0.341 e. The first-order valence-corrected chi connectivity index (χ1v) is 6.76. The zero-order valence-corrected chi connectivity index (χ0v) is 12.5. The fourth-order valence-corrected chi connectivity index (χ4v) is 1.48. The van der Waals surface area contributed by atoms with E-state index in [0.717, 1.165) is 6.42 Å². The Hall–Kier alpha value is -2.08. The molecule has 1 aromatic carbocycles. The van der Waals surface area contributed by atoms with E-state index >= 15 is 0 Å². The molecular weight excluding hydrogens is 274 g/mol. The van der Waals surface area contributed by atoms with Crippen LogP contribution in [0.15, 0.2) is 24.3 Å². The van der Waals surface area contributed by atoms with Crippen LogP contribution >= 0.6 is 0 Å². The summed E-state index contributed by atoms with van der Waals surface area (Å²) in [6.07, 6.45) is 0.904. The minimum absolute atomic E-state index is 0.0305. The maximum atomic E-state index is 12.0. The number of benzene rings is 1. The third-order valence-corrected chi connectivity index (χ3v) is 3.03. The molecule has 0 bridgehead atoms. The van der Waals surface area contributed by atoms with E-state index in [1.165, 1.54) is 4.90 Å². The lowest BCUT2D eigenvalue weighted by molar-refractivity contribution is -0.139. The van der Waals surface area contributed by atoms with Crippen LogP contribution in [0.2, 0.25) is 0 Å². The second-order valence-corrected chi connectivity index (χ2v) is 4.66. The van der Waals surface area contributed by atoms with Crippen molar-refractivity contribution in [2.75, 3.05) is 25.2 Å². The molecule has 0 spiro atoms. The third kappa shape index (κ3) is 5.83. The van der Waals surface area contributed by atoms with Crippen molar-refractivity contribution in [3.05, 3.63) is 24.3 Å². The van der Waals surface area contributed by atoms with Crippen LogP contribution in [0.4, 0.5) is 5.69 Å². The summed E-state index contributed by atoms with van der Waals surface area (Å²) in [5.41, 5.74) is 0.690. The van der Waals surface area contributed by atoms with E-state index in [1.54, 1.807) is 31.3 Å². The Balaban J connectivity index is 2.55. The number of likely N-dealkylation sites (N-methyl/N-ethyl adjacent to an activating group) is 1. The van der Waals surface area contributed by atoms with Gasteiger partial charge in [0.15, 0.2) is 6.61 Å². The number of anilines is 1. The summed E-state index contributed by atoms with van der Waals surface area (Å²) < 4.78 is 10.4. The van der Waals surface area contributed by atoms with Crippen LogP contribution in [0.5, 0.6) is 5.75 Å². The van der Waals surface area contributed by atoms with Gasteiger partial charge in [0.2, 0.25) is 0 Å². The molecule has 1 aromatic rings. The van der Waals surface area contributed by atoms with Gasteiger partial charge in [-0.05, 0) is 37.6 Å². The Morgan fingerprint density at radius 2 is 1.86 bits per heavy atom. The summed E-state index contributed by atoms with van der Waals surface area (Å²) in [6, 6.07) is 6.63. The van der Waals surface area contributed by atoms with Gasteiger partial charge < -0.3 is 19.5 Å². The van der Waals surface area contributed by atoms with E-state index < -0.39 is 12.6 Å². The van der Waals surface area contributed by atoms with Crippen molar-refractivity contribution in [3.63, 3.8) is 0 Å². The molecule has 1 unspecified atom stereocenters. The van der Waals surface area contributed by atoms with E-state index in [9.17, 15) is 9.59 Å². The molecule has 6 nitrogen and oxygen atoms in total. The second-order valence-electron chi connectivity index (χ2n) is 4.66. The lowest BCUT2D eigenvalue weighted by Crippen LogP contribution is -2.31. The summed E-state index contributed by atoms with van der Waals surface area (Å²) in [6.45, 7) is 3.55. The largest absolute Gasteiger partial charge is 0.482 e. The molecule has 6 heteroatoms. The fraction of sp³-hybridized carbons (Fsp3) is 0.467. The van der Waals surface area contributed by atoms with Crippen LogP contribution in [-0.4, -0.2) is 43.3 Å². The van der Waals surface area contributed by atoms with Gasteiger partial charge >= 0.3 is 5.97 Å². The van der Waals surface area contributed by atoms with Crippen LogP contribution in [0, 0.1) is 0 Å². The van der Waals surface area contributed by atoms with Crippen LogP contribution in [0.1, 0.15) is 20.3 Å². The van der Waals surface area contributed by atoms with Gasteiger partial charge in [-0.3, -0.25) is 4.79 Å². The quantitative estimate of drug-likeness (QED) is 0.793. The minimum atomic E-state index is -1.03. The second kappa shape index (κ2) is 8.26. The van der Waals surface area contributed by atoms with Crippen molar-refractivity contribution in [3.8, 4) is 5.75 Å². The molecule has 1 amide bonds.